The van der Waals surface area contributed by atoms with Crippen LogP contribution in [-0.4, -0.2) is 35.6 Å². The molecule has 2 heterocycles. The second-order valence-corrected chi connectivity index (χ2v) is 7.22. The number of rotatable bonds is 6. The number of hydrogen-bond donors (Lipinski definition) is 1. The second-order valence-electron chi connectivity index (χ2n) is 7.22. The minimum absolute atomic E-state index is 0.389. The third-order valence-electron chi connectivity index (χ3n) is 5.48. The van der Waals surface area contributed by atoms with Crippen LogP contribution in [0.25, 0.3) is 0 Å². The average Bonchev–Trinajstić information content (AvgIpc) is 3.30. The topological polar surface area (TPSA) is 50.5 Å². The van der Waals surface area contributed by atoms with Gasteiger partial charge >= 0.3 is 0 Å². The van der Waals surface area contributed by atoms with Crippen molar-refractivity contribution in [3.8, 4) is 5.75 Å². The standard InChI is InChI=1S/C20H27N3O2/c1-13-14(2)25-19(22-13)12-21-18-9-10-23(16-7-8-16)20(18)15-5-4-6-17(11-15)24-3/h4-6,11,16,18,20-21H,7-10,12H2,1-3H3/t18-,20-/m1/s1. The van der Waals surface area contributed by atoms with Crippen molar-refractivity contribution in [3.63, 3.8) is 0 Å². The number of benzene rings is 1. The molecule has 25 heavy (non-hydrogen) atoms. The number of nitrogens with zero attached hydrogens (tertiary/aromatic N) is 2. The molecule has 2 fully saturated rings. The lowest BCUT2D eigenvalue weighted by molar-refractivity contribution is 0.224. The summed E-state index contributed by atoms with van der Waals surface area (Å²) in [5.41, 5.74) is 2.31. The molecular formula is C20H27N3O2. The molecule has 0 radical (unpaired) electrons. The van der Waals surface area contributed by atoms with E-state index in [-0.39, 0.29) is 0 Å². The number of aryl methyl sites for hydroxylation is 2. The lowest BCUT2D eigenvalue weighted by Gasteiger charge is -2.29. The van der Waals surface area contributed by atoms with E-state index in [9.17, 15) is 0 Å². The highest BCUT2D eigenvalue weighted by atomic mass is 16.5. The van der Waals surface area contributed by atoms with Crippen LogP contribution in [0.4, 0.5) is 0 Å². The Labute approximate surface area is 149 Å². The first-order chi connectivity index (χ1) is 12.2. The van der Waals surface area contributed by atoms with E-state index in [1.165, 1.54) is 18.4 Å². The van der Waals surface area contributed by atoms with Crippen LogP contribution in [0, 0.1) is 13.8 Å². The van der Waals surface area contributed by atoms with Gasteiger partial charge in [0.1, 0.15) is 11.5 Å². The molecule has 1 saturated heterocycles. The van der Waals surface area contributed by atoms with Crippen LogP contribution in [-0.2, 0) is 6.54 Å². The maximum Gasteiger partial charge on any atom is 0.208 e. The molecule has 2 aromatic rings. The molecule has 2 aliphatic rings. The van der Waals surface area contributed by atoms with Crippen molar-refractivity contribution in [2.24, 2.45) is 0 Å². The van der Waals surface area contributed by atoms with Gasteiger partial charge in [0.15, 0.2) is 0 Å². The molecule has 1 aliphatic heterocycles. The van der Waals surface area contributed by atoms with Crippen molar-refractivity contribution < 1.29 is 9.15 Å². The third kappa shape index (κ3) is 3.44. The molecule has 4 rings (SSSR count). The molecule has 0 spiro atoms. The van der Waals surface area contributed by atoms with Crippen molar-refractivity contribution in [2.75, 3.05) is 13.7 Å². The van der Waals surface area contributed by atoms with Gasteiger partial charge < -0.3 is 14.5 Å². The van der Waals surface area contributed by atoms with Crippen LogP contribution < -0.4 is 10.1 Å². The average molecular weight is 341 g/mol. The van der Waals surface area contributed by atoms with Crippen molar-refractivity contribution in [1.82, 2.24) is 15.2 Å². The maximum atomic E-state index is 5.73. The van der Waals surface area contributed by atoms with E-state index >= 15 is 0 Å². The molecule has 5 nitrogen and oxygen atoms in total. The summed E-state index contributed by atoms with van der Waals surface area (Å²) < 4.78 is 11.2. The Morgan fingerprint density at radius 1 is 1.28 bits per heavy atom. The molecule has 1 N–H and O–H groups in total. The highest BCUT2D eigenvalue weighted by Gasteiger charge is 2.42. The first-order valence-electron chi connectivity index (χ1n) is 9.21. The summed E-state index contributed by atoms with van der Waals surface area (Å²) in [6.07, 6.45) is 3.80. The zero-order valence-electron chi connectivity index (χ0n) is 15.3. The fraction of sp³-hybridized carbons (Fsp3) is 0.550. The predicted octanol–water partition coefficient (Wildman–Crippen LogP) is 3.37. The quantitative estimate of drug-likeness (QED) is 0.873. The summed E-state index contributed by atoms with van der Waals surface area (Å²) in [6.45, 7) is 5.78. The Morgan fingerprint density at radius 2 is 2.12 bits per heavy atom. The highest BCUT2D eigenvalue weighted by Crippen LogP contribution is 2.41. The molecule has 1 aromatic carbocycles. The van der Waals surface area contributed by atoms with Gasteiger partial charge in [0.25, 0.3) is 0 Å². The molecule has 1 aromatic heterocycles. The van der Waals surface area contributed by atoms with Crippen LogP contribution >= 0.6 is 0 Å². The number of hydrogen-bond acceptors (Lipinski definition) is 5. The van der Waals surface area contributed by atoms with Gasteiger partial charge in [-0.2, -0.15) is 0 Å². The van der Waals surface area contributed by atoms with Crippen molar-refractivity contribution in [2.45, 2.75) is 57.8 Å². The lowest BCUT2D eigenvalue weighted by Crippen LogP contribution is -2.36. The molecule has 1 saturated carbocycles. The van der Waals surface area contributed by atoms with Crippen LogP contribution in [0.3, 0.4) is 0 Å². The molecule has 0 amide bonds. The van der Waals surface area contributed by atoms with Gasteiger partial charge in [-0.05, 0) is 50.8 Å². The molecular weight excluding hydrogens is 314 g/mol. The fourth-order valence-corrected chi connectivity index (χ4v) is 3.93. The van der Waals surface area contributed by atoms with Crippen LogP contribution in [0.15, 0.2) is 28.7 Å². The van der Waals surface area contributed by atoms with Gasteiger partial charge in [-0.1, -0.05) is 12.1 Å². The summed E-state index contributed by atoms with van der Waals surface area (Å²) >= 11 is 0. The Balaban J connectivity index is 1.52. The van der Waals surface area contributed by atoms with Gasteiger partial charge in [0.05, 0.1) is 25.4 Å². The number of ether oxygens (including phenoxy) is 1. The molecule has 1 aliphatic carbocycles. The number of methoxy groups -OCH3 is 1. The Hall–Kier alpha value is -1.85. The number of likely N-dealkylation sites (tertiary alicyclic amines) is 1. The van der Waals surface area contributed by atoms with E-state index in [1.54, 1.807) is 7.11 Å². The van der Waals surface area contributed by atoms with Crippen molar-refractivity contribution >= 4 is 0 Å². The monoisotopic (exact) mass is 341 g/mol. The van der Waals surface area contributed by atoms with E-state index in [4.69, 9.17) is 9.15 Å². The summed E-state index contributed by atoms with van der Waals surface area (Å²) in [6, 6.07) is 10.0. The van der Waals surface area contributed by atoms with E-state index in [0.717, 1.165) is 42.1 Å². The van der Waals surface area contributed by atoms with Crippen molar-refractivity contribution in [3.05, 3.63) is 47.2 Å². The molecule has 5 heteroatoms. The van der Waals surface area contributed by atoms with Gasteiger partial charge in [-0.25, -0.2) is 4.98 Å². The lowest BCUT2D eigenvalue weighted by atomic mass is 9.99. The fourth-order valence-electron chi connectivity index (χ4n) is 3.93. The Morgan fingerprint density at radius 3 is 2.80 bits per heavy atom. The number of aromatic nitrogens is 1. The molecule has 134 valence electrons. The molecule has 0 unspecified atom stereocenters. The van der Waals surface area contributed by atoms with Gasteiger partial charge in [0, 0.05) is 18.6 Å². The van der Waals surface area contributed by atoms with Crippen LogP contribution in [0.1, 0.15) is 48.2 Å². The minimum atomic E-state index is 0.389. The summed E-state index contributed by atoms with van der Waals surface area (Å²) in [7, 11) is 1.73. The second kappa shape index (κ2) is 6.81. The Bertz CT molecular complexity index is 719. The van der Waals surface area contributed by atoms with Gasteiger partial charge in [-0.15, -0.1) is 0 Å². The summed E-state index contributed by atoms with van der Waals surface area (Å²) in [5, 5.41) is 3.70. The molecule has 0 bridgehead atoms. The van der Waals surface area contributed by atoms with E-state index < -0.39 is 0 Å². The first kappa shape index (κ1) is 16.6. The van der Waals surface area contributed by atoms with Gasteiger partial charge in [-0.3, -0.25) is 4.90 Å². The maximum absolute atomic E-state index is 5.73. The first-order valence-corrected chi connectivity index (χ1v) is 9.21. The zero-order valence-corrected chi connectivity index (χ0v) is 15.3. The van der Waals surface area contributed by atoms with E-state index in [2.05, 4.69) is 33.4 Å². The number of oxazole rings is 1. The smallest absolute Gasteiger partial charge is 0.208 e. The van der Waals surface area contributed by atoms with Gasteiger partial charge in [0.2, 0.25) is 5.89 Å². The van der Waals surface area contributed by atoms with E-state index in [0.29, 0.717) is 18.6 Å². The molecule has 2 atom stereocenters. The number of nitrogens with one attached hydrogen (secondary N) is 1. The normalized spacial score (nSPS) is 24.0. The van der Waals surface area contributed by atoms with E-state index in [1.807, 2.05) is 19.9 Å². The Kier molecular flexibility index (Phi) is 4.52. The SMILES string of the molecule is COc1cccc([C@@H]2[C@H](NCc3nc(C)c(C)o3)CCN2C2CC2)c1. The zero-order chi connectivity index (χ0) is 17.4. The summed E-state index contributed by atoms with van der Waals surface area (Å²) in [4.78, 5) is 7.17. The van der Waals surface area contributed by atoms with Crippen LogP contribution in [0.2, 0.25) is 0 Å². The predicted molar refractivity (Wildman–Crippen MR) is 96.7 cm³/mol. The minimum Gasteiger partial charge on any atom is -0.497 e. The largest absolute Gasteiger partial charge is 0.497 e. The highest BCUT2D eigenvalue weighted by molar-refractivity contribution is 5.32. The third-order valence-corrected chi connectivity index (χ3v) is 5.48. The summed E-state index contributed by atoms with van der Waals surface area (Å²) in [5.74, 6) is 2.62. The van der Waals surface area contributed by atoms with Crippen molar-refractivity contribution in [1.29, 1.82) is 0 Å². The van der Waals surface area contributed by atoms with Crippen LogP contribution in [0.5, 0.6) is 5.75 Å².